The fraction of sp³-hybridized carbons (Fsp3) is 0.444. The van der Waals surface area contributed by atoms with E-state index in [-0.39, 0.29) is 5.57 Å². The molecule has 1 saturated heterocycles. The Morgan fingerprint density at radius 3 is 2.23 bits per heavy atom. The summed E-state index contributed by atoms with van der Waals surface area (Å²) in [4.78, 5) is 24.6. The van der Waals surface area contributed by atoms with E-state index in [1.165, 1.54) is 20.4 Å². The van der Waals surface area contributed by atoms with Gasteiger partial charge in [0.05, 0.1) is 24.9 Å². The predicted octanol–water partition coefficient (Wildman–Crippen LogP) is 3.41. The van der Waals surface area contributed by atoms with Crippen LogP contribution in [0.1, 0.15) is 32.1 Å². The predicted molar refractivity (Wildman–Crippen MR) is 94.3 cm³/mol. The van der Waals surface area contributed by atoms with E-state index in [1.54, 1.807) is 12.1 Å². The summed E-state index contributed by atoms with van der Waals surface area (Å²) in [6.07, 6.45) is 5.07. The lowest BCUT2D eigenvalue weighted by Gasteiger charge is -2.38. The summed E-state index contributed by atoms with van der Waals surface area (Å²) in [7, 11) is 2.96. The lowest BCUT2D eigenvalue weighted by molar-refractivity contribution is -0.244. The van der Waals surface area contributed by atoms with E-state index in [1.807, 2.05) is 0 Å². The lowest BCUT2D eigenvalue weighted by atomic mass is 9.93. The molecule has 8 heteroatoms. The Kier molecular flexibility index (Phi) is 5.27. The van der Waals surface area contributed by atoms with Crippen LogP contribution in [0.3, 0.4) is 0 Å². The standard InChI is InChI=1S/C18H20ClNO6/c1-23-14-9-13(15(24-2)8-12(14)19)20-10-11-16(21)25-18(26-17(11)22)6-4-3-5-7-18/h8-10,20H,3-7H2,1-2H3. The third kappa shape index (κ3) is 3.58. The molecular formula is C18H20ClNO6. The number of hydrogen-bond donors (Lipinski definition) is 1. The molecule has 3 rings (SSSR count). The number of anilines is 1. The first-order valence-electron chi connectivity index (χ1n) is 8.33. The first-order chi connectivity index (χ1) is 12.5. The van der Waals surface area contributed by atoms with Crippen LogP contribution in [0.5, 0.6) is 11.5 Å². The van der Waals surface area contributed by atoms with Gasteiger partial charge in [0.25, 0.3) is 5.79 Å². The van der Waals surface area contributed by atoms with Gasteiger partial charge in [-0.15, -0.1) is 0 Å². The molecule has 26 heavy (non-hydrogen) atoms. The molecule has 1 heterocycles. The van der Waals surface area contributed by atoms with Crippen molar-refractivity contribution in [2.24, 2.45) is 0 Å². The lowest BCUT2D eigenvalue weighted by Crippen LogP contribution is -2.47. The Morgan fingerprint density at radius 1 is 1.04 bits per heavy atom. The molecule has 1 spiro atoms. The highest BCUT2D eigenvalue weighted by molar-refractivity contribution is 6.32. The Balaban J connectivity index is 1.81. The van der Waals surface area contributed by atoms with E-state index in [4.69, 9.17) is 30.5 Å². The van der Waals surface area contributed by atoms with Crippen LogP contribution in [0.25, 0.3) is 0 Å². The van der Waals surface area contributed by atoms with Gasteiger partial charge in [-0.05, 0) is 12.8 Å². The van der Waals surface area contributed by atoms with E-state index >= 15 is 0 Å². The van der Waals surface area contributed by atoms with Crippen LogP contribution in [0, 0.1) is 0 Å². The minimum absolute atomic E-state index is 0.211. The molecule has 2 aliphatic rings. The number of benzene rings is 1. The summed E-state index contributed by atoms with van der Waals surface area (Å²) in [5.41, 5.74) is 0.261. The minimum atomic E-state index is -1.11. The quantitative estimate of drug-likeness (QED) is 0.486. The van der Waals surface area contributed by atoms with Gasteiger partial charge < -0.3 is 24.3 Å². The topological polar surface area (TPSA) is 83.1 Å². The van der Waals surface area contributed by atoms with E-state index in [2.05, 4.69) is 5.32 Å². The molecule has 1 N–H and O–H groups in total. The van der Waals surface area contributed by atoms with Crippen molar-refractivity contribution in [3.8, 4) is 11.5 Å². The van der Waals surface area contributed by atoms with Crippen molar-refractivity contribution >= 4 is 29.2 Å². The van der Waals surface area contributed by atoms with Crippen LogP contribution in [-0.4, -0.2) is 31.9 Å². The molecule has 1 saturated carbocycles. The van der Waals surface area contributed by atoms with Crippen molar-refractivity contribution in [2.45, 2.75) is 37.9 Å². The Hall–Kier alpha value is -2.41. The van der Waals surface area contributed by atoms with Gasteiger partial charge in [-0.1, -0.05) is 18.0 Å². The molecule has 1 aliphatic carbocycles. The summed E-state index contributed by atoms with van der Waals surface area (Å²) >= 11 is 6.06. The maximum Gasteiger partial charge on any atom is 0.350 e. The first-order valence-corrected chi connectivity index (χ1v) is 8.71. The van der Waals surface area contributed by atoms with E-state index in [0.29, 0.717) is 35.1 Å². The second-order valence-corrected chi connectivity index (χ2v) is 6.55. The third-order valence-corrected chi connectivity index (χ3v) is 4.75. The van der Waals surface area contributed by atoms with E-state index in [9.17, 15) is 9.59 Å². The average molecular weight is 382 g/mol. The fourth-order valence-electron chi connectivity index (χ4n) is 3.09. The Morgan fingerprint density at radius 2 is 1.65 bits per heavy atom. The highest BCUT2D eigenvalue weighted by Crippen LogP contribution is 2.38. The number of esters is 2. The van der Waals surface area contributed by atoms with Gasteiger partial charge in [-0.3, -0.25) is 0 Å². The van der Waals surface area contributed by atoms with Gasteiger partial charge in [0.15, 0.2) is 5.57 Å². The number of halogens is 1. The zero-order valence-corrected chi connectivity index (χ0v) is 15.4. The number of carbonyl (C=O) groups excluding carboxylic acids is 2. The number of carbonyl (C=O) groups is 2. The van der Waals surface area contributed by atoms with Gasteiger partial charge in [0, 0.05) is 31.2 Å². The second kappa shape index (κ2) is 7.45. The molecule has 0 amide bonds. The normalized spacial score (nSPS) is 18.8. The first kappa shape index (κ1) is 18.4. The summed E-state index contributed by atoms with van der Waals surface area (Å²) in [5.74, 6) is -1.66. The maximum atomic E-state index is 12.3. The average Bonchev–Trinajstić information content (AvgIpc) is 2.62. The summed E-state index contributed by atoms with van der Waals surface area (Å²) < 4.78 is 21.3. The van der Waals surface area contributed by atoms with E-state index < -0.39 is 17.7 Å². The van der Waals surface area contributed by atoms with Crippen LogP contribution in [0.15, 0.2) is 23.9 Å². The van der Waals surface area contributed by atoms with Crippen LogP contribution in [0.4, 0.5) is 5.69 Å². The number of ether oxygens (including phenoxy) is 4. The monoisotopic (exact) mass is 381 g/mol. The zero-order chi connectivity index (χ0) is 18.7. The minimum Gasteiger partial charge on any atom is -0.495 e. The highest BCUT2D eigenvalue weighted by atomic mass is 35.5. The van der Waals surface area contributed by atoms with Crippen molar-refractivity contribution in [3.63, 3.8) is 0 Å². The SMILES string of the molecule is COc1cc(NC=C2C(=O)OC3(CCCCC3)OC2=O)c(OC)cc1Cl. The number of methoxy groups -OCH3 is 2. The van der Waals surface area contributed by atoms with Crippen molar-refractivity contribution in [3.05, 3.63) is 28.9 Å². The maximum absolute atomic E-state index is 12.3. The smallest absolute Gasteiger partial charge is 0.350 e. The van der Waals surface area contributed by atoms with Crippen LogP contribution < -0.4 is 14.8 Å². The molecule has 140 valence electrons. The molecule has 0 aromatic heterocycles. The number of rotatable bonds is 4. The molecule has 0 radical (unpaired) electrons. The molecule has 2 fully saturated rings. The number of nitrogens with one attached hydrogen (secondary N) is 1. The van der Waals surface area contributed by atoms with Crippen molar-refractivity contribution in [1.82, 2.24) is 0 Å². The van der Waals surface area contributed by atoms with Crippen molar-refractivity contribution in [1.29, 1.82) is 0 Å². The molecule has 0 atom stereocenters. The van der Waals surface area contributed by atoms with Crippen LogP contribution >= 0.6 is 11.6 Å². The highest BCUT2D eigenvalue weighted by Gasteiger charge is 2.46. The van der Waals surface area contributed by atoms with Gasteiger partial charge in [-0.2, -0.15) is 0 Å². The van der Waals surface area contributed by atoms with Gasteiger partial charge in [0.2, 0.25) is 0 Å². The second-order valence-electron chi connectivity index (χ2n) is 6.14. The van der Waals surface area contributed by atoms with Gasteiger partial charge in [-0.25, -0.2) is 9.59 Å². The molecular weight excluding hydrogens is 362 g/mol. The molecule has 1 aliphatic heterocycles. The van der Waals surface area contributed by atoms with Crippen molar-refractivity contribution in [2.75, 3.05) is 19.5 Å². The van der Waals surface area contributed by atoms with E-state index in [0.717, 1.165) is 19.3 Å². The molecule has 1 aromatic rings. The summed E-state index contributed by atoms with van der Waals surface area (Å²) in [6, 6.07) is 3.16. The van der Waals surface area contributed by atoms with Crippen LogP contribution in [0.2, 0.25) is 5.02 Å². The number of hydrogen-bond acceptors (Lipinski definition) is 7. The summed E-state index contributed by atoms with van der Waals surface area (Å²) in [6.45, 7) is 0. The summed E-state index contributed by atoms with van der Waals surface area (Å²) in [5, 5.41) is 3.23. The molecule has 0 unspecified atom stereocenters. The molecule has 7 nitrogen and oxygen atoms in total. The van der Waals surface area contributed by atoms with Gasteiger partial charge >= 0.3 is 11.9 Å². The Bertz CT molecular complexity index is 732. The fourth-order valence-corrected chi connectivity index (χ4v) is 3.32. The van der Waals surface area contributed by atoms with Crippen molar-refractivity contribution < 1.29 is 28.5 Å². The zero-order valence-electron chi connectivity index (χ0n) is 14.6. The largest absolute Gasteiger partial charge is 0.495 e. The third-order valence-electron chi connectivity index (χ3n) is 4.46. The van der Waals surface area contributed by atoms with Crippen LogP contribution in [-0.2, 0) is 19.1 Å². The van der Waals surface area contributed by atoms with Gasteiger partial charge in [0.1, 0.15) is 11.5 Å². The Labute approximate surface area is 156 Å². The molecule has 1 aromatic carbocycles. The molecule has 0 bridgehead atoms.